The van der Waals surface area contributed by atoms with Crippen LogP contribution in [0.4, 0.5) is 0 Å². The summed E-state index contributed by atoms with van der Waals surface area (Å²) < 4.78 is 24.5. The molecule has 3 heterocycles. The van der Waals surface area contributed by atoms with Gasteiger partial charge in [0.1, 0.15) is 22.8 Å². The van der Waals surface area contributed by atoms with E-state index in [4.69, 9.17) is 11.6 Å². The second kappa shape index (κ2) is 9.89. The smallest absolute Gasteiger partial charge is 0.266 e. The number of aromatic nitrogens is 4. The molecule has 0 bridgehead atoms. The summed E-state index contributed by atoms with van der Waals surface area (Å²) in [5.74, 6) is 0. The van der Waals surface area contributed by atoms with Gasteiger partial charge < -0.3 is 9.88 Å². The highest BCUT2D eigenvalue weighted by molar-refractivity contribution is 7.90. The number of fused-ring (bicyclic) bond motifs is 4. The van der Waals surface area contributed by atoms with Crippen LogP contribution in [0.3, 0.4) is 0 Å². The molecule has 4 aromatic rings. The van der Waals surface area contributed by atoms with Crippen LogP contribution in [0.5, 0.6) is 0 Å². The highest BCUT2D eigenvalue weighted by atomic mass is 35.5. The van der Waals surface area contributed by atoms with Gasteiger partial charge in [-0.25, -0.2) is 18.4 Å². The Labute approximate surface area is 200 Å². The minimum absolute atomic E-state index is 0.0236. The maximum Gasteiger partial charge on any atom is 0.266 e. The molecule has 1 N–H and O–H groups in total. The maximum atomic E-state index is 13.0. The molecule has 34 heavy (non-hydrogen) atoms. The van der Waals surface area contributed by atoms with Crippen LogP contribution in [0.1, 0.15) is 26.3 Å². The fraction of sp³-hybridized carbons (Fsp3) is 0.318. The molecule has 0 saturated heterocycles. The first-order chi connectivity index (χ1) is 16.1. The zero-order valence-corrected chi connectivity index (χ0v) is 20.7. The Bertz CT molecular complexity index is 1660. The number of rotatable bonds is 4. The number of hydrogen-bond acceptors (Lipinski definition) is 8. The van der Waals surface area contributed by atoms with Crippen molar-refractivity contribution in [3.8, 4) is 6.07 Å². The number of aromatic amines is 1. The molecule has 0 saturated carbocycles. The summed E-state index contributed by atoms with van der Waals surface area (Å²) in [5, 5.41) is 9.42. The summed E-state index contributed by atoms with van der Waals surface area (Å²) in [7, 11) is -3.79. The van der Waals surface area contributed by atoms with Crippen LogP contribution >= 0.6 is 11.6 Å². The predicted molar refractivity (Wildman–Crippen MR) is 131 cm³/mol. The van der Waals surface area contributed by atoms with Crippen molar-refractivity contribution in [1.82, 2.24) is 24.3 Å². The summed E-state index contributed by atoms with van der Waals surface area (Å²) in [5.41, 5.74) is -1.74. The summed E-state index contributed by atoms with van der Waals surface area (Å²) in [4.78, 5) is 38.5. The van der Waals surface area contributed by atoms with E-state index in [0.29, 0.717) is 10.5 Å². The largest absolute Gasteiger partial charge is 0.339 e. The molecule has 0 spiro atoms. The maximum absolute atomic E-state index is 13.0. The Morgan fingerprint density at radius 1 is 1.18 bits per heavy atom. The van der Waals surface area contributed by atoms with Gasteiger partial charge in [-0.15, -0.1) is 0 Å². The first-order valence-electron chi connectivity index (χ1n) is 10.5. The van der Waals surface area contributed by atoms with E-state index < -0.39 is 26.0 Å². The molecule has 0 atom stereocenters. The SMILES string of the molecule is CCN(CC)CC.CS(=O)(=O)c1ncc2c(n1)c(=O)c(C#N)c1[nH]c3ccc(Cl)cc3c(=O)n12. The van der Waals surface area contributed by atoms with Crippen molar-refractivity contribution in [3.63, 3.8) is 0 Å². The lowest BCUT2D eigenvalue weighted by Gasteiger charge is -2.13. The molecule has 0 radical (unpaired) electrons. The number of nitriles is 1. The third-order valence-electron chi connectivity index (χ3n) is 5.34. The molecule has 10 nitrogen and oxygen atoms in total. The van der Waals surface area contributed by atoms with Crippen LogP contribution in [0.25, 0.3) is 27.6 Å². The fourth-order valence-corrected chi connectivity index (χ4v) is 4.15. The number of nitrogens with one attached hydrogen (secondary N) is 1. The van der Waals surface area contributed by atoms with E-state index in [1.807, 2.05) is 0 Å². The lowest BCUT2D eigenvalue weighted by molar-refractivity contribution is 0.321. The summed E-state index contributed by atoms with van der Waals surface area (Å²) in [6.07, 6.45) is 1.96. The van der Waals surface area contributed by atoms with E-state index in [1.54, 1.807) is 18.2 Å². The molecule has 0 unspecified atom stereocenters. The van der Waals surface area contributed by atoms with E-state index >= 15 is 0 Å². The normalized spacial score (nSPS) is 11.6. The third-order valence-corrected chi connectivity index (χ3v) is 6.44. The molecule has 1 aromatic carbocycles. The highest BCUT2D eigenvalue weighted by Gasteiger charge is 2.20. The van der Waals surface area contributed by atoms with Gasteiger partial charge in [0, 0.05) is 11.3 Å². The van der Waals surface area contributed by atoms with Gasteiger partial charge in [-0.2, -0.15) is 5.26 Å². The molecular formula is C22H23ClN6O4S. The average Bonchev–Trinajstić information content (AvgIpc) is 2.80. The van der Waals surface area contributed by atoms with Gasteiger partial charge in [0.15, 0.2) is 0 Å². The molecule has 0 amide bonds. The topological polar surface area (TPSA) is 141 Å². The minimum atomic E-state index is -3.79. The molecule has 12 heteroatoms. The van der Waals surface area contributed by atoms with Crippen LogP contribution in [0, 0.1) is 11.3 Å². The van der Waals surface area contributed by atoms with E-state index in [-0.39, 0.29) is 27.6 Å². The molecule has 178 valence electrons. The minimum Gasteiger partial charge on any atom is -0.339 e. The molecule has 4 rings (SSSR count). The number of halogens is 1. The van der Waals surface area contributed by atoms with Crippen LogP contribution in [0.2, 0.25) is 5.02 Å². The Kier molecular flexibility index (Phi) is 7.35. The Morgan fingerprint density at radius 2 is 1.82 bits per heavy atom. The van der Waals surface area contributed by atoms with Crippen molar-refractivity contribution >= 4 is 49.0 Å². The van der Waals surface area contributed by atoms with Gasteiger partial charge in [0.05, 0.1) is 22.6 Å². The number of nitrogens with zero attached hydrogens (tertiary/aromatic N) is 5. The quantitative estimate of drug-likeness (QED) is 0.254. The zero-order valence-electron chi connectivity index (χ0n) is 19.1. The lowest BCUT2D eigenvalue weighted by Crippen LogP contribution is -2.23. The van der Waals surface area contributed by atoms with Gasteiger partial charge in [0.2, 0.25) is 20.4 Å². The molecule has 0 aliphatic carbocycles. The molecular weight excluding hydrogens is 480 g/mol. The highest BCUT2D eigenvalue weighted by Crippen LogP contribution is 2.19. The molecule has 0 aliphatic rings. The lowest BCUT2D eigenvalue weighted by atomic mass is 10.2. The van der Waals surface area contributed by atoms with E-state index in [2.05, 4.69) is 40.6 Å². The van der Waals surface area contributed by atoms with Gasteiger partial charge in [0.25, 0.3) is 5.56 Å². The summed E-state index contributed by atoms with van der Waals surface area (Å²) >= 11 is 5.96. The Morgan fingerprint density at radius 3 is 2.35 bits per heavy atom. The van der Waals surface area contributed by atoms with E-state index in [9.17, 15) is 23.3 Å². The van der Waals surface area contributed by atoms with Crippen molar-refractivity contribution in [3.05, 3.63) is 55.6 Å². The van der Waals surface area contributed by atoms with E-state index in [1.165, 1.54) is 25.7 Å². The predicted octanol–water partition coefficient (Wildman–Crippen LogP) is 2.36. The van der Waals surface area contributed by atoms with Crippen molar-refractivity contribution in [1.29, 1.82) is 5.26 Å². The van der Waals surface area contributed by atoms with Gasteiger partial charge in [-0.3, -0.25) is 14.0 Å². The molecule has 3 aromatic heterocycles. The number of H-pyrrole nitrogens is 1. The number of pyridine rings is 1. The monoisotopic (exact) mass is 502 g/mol. The number of benzene rings is 1. The van der Waals surface area contributed by atoms with Gasteiger partial charge >= 0.3 is 0 Å². The van der Waals surface area contributed by atoms with Crippen LogP contribution in [-0.2, 0) is 9.84 Å². The number of sulfone groups is 1. The average molecular weight is 503 g/mol. The summed E-state index contributed by atoms with van der Waals surface area (Å²) in [6, 6.07) is 6.31. The Balaban J connectivity index is 0.000000406. The second-order valence-corrected chi connectivity index (χ2v) is 9.74. The fourth-order valence-electron chi connectivity index (χ4n) is 3.48. The zero-order chi connectivity index (χ0) is 25.2. The van der Waals surface area contributed by atoms with Crippen LogP contribution < -0.4 is 11.0 Å². The third kappa shape index (κ3) is 4.65. The molecule has 0 fully saturated rings. The van der Waals surface area contributed by atoms with Crippen molar-refractivity contribution in [2.75, 3.05) is 25.9 Å². The number of hydrogen-bond donors (Lipinski definition) is 1. The van der Waals surface area contributed by atoms with Crippen LogP contribution in [0.15, 0.2) is 39.1 Å². The molecule has 0 aliphatic heterocycles. The first-order valence-corrected chi connectivity index (χ1v) is 12.7. The van der Waals surface area contributed by atoms with Gasteiger partial charge in [-0.05, 0) is 37.8 Å². The van der Waals surface area contributed by atoms with Crippen LogP contribution in [-0.4, -0.2) is 58.6 Å². The van der Waals surface area contributed by atoms with Crippen molar-refractivity contribution < 1.29 is 8.42 Å². The second-order valence-electron chi connectivity index (χ2n) is 7.40. The standard InChI is InChI=1S/C16H8ClN5O4S.C6H15N/c1-27(25,26)16-19-6-11-12(21-16)13(23)9(5-18)14-20-10-3-2-7(17)4-8(10)15(24)22(11)14;1-4-7(5-2)6-3/h2-4,6,20H,1H3;4-6H2,1-3H3. The van der Waals surface area contributed by atoms with Crippen molar-refractivity contribution in [2.24, 2.45) is 0 Å². The first kappa shape index (κ1) is 25.3. The summed E-state index contributed by atoms with van der Waals surface area (Å²) in [6.45, 7) is 10.1. The van der Waals surface area contributed by atoms with Gasteiger partial charge in [-0.1, -0.05) is 32.4 Å². The Hall–Kier alpha value is -3.33. The van der Waals surface area contributed by atoms with Crippen molar-refractivity contribution in [2.45, 2.75) is 25.9 Å². The van der Waals surface area contributed by atoms with E-state index in [0.717, 1.165) is 16.9 Å².